The Morgan fingerprint density at radius 2 is 2.24 bits per heavy atom. The SMILES string of the molecule is Br.COc1ccc(C2=NCCN2)cc1Cn1ccnc1C. The summed E-state index contributed by atoms with van der Waals surface area (Å²) < 4.78 is 7.56. The van der Waals surface area contributed by atoms with Crippen molar-refractivity contribution in [1.29, 1.82) is 0 Å². The van der Waals surface area contributed by atoms with Crippen LogP contribution in [0.4, 0.5) is 0 Å². The Labute approximate surface area is 134 Å². The van der Waals surface area contributed by atoms with Crippen LogP contribution in [0, 0.1) is 6.92 Å². The molecule has 112 valence electrons. The zero-order valence-corrected chi connectivity index (χ0v) is 13.9. The smallest absolute Gasteiger partial charge is 0.128 e. The first-order valence-electron chi connectivity index (χ1n) is 6.71. The van der Waals surface area contributed by atoms with E-state index in [0.29, 0.717) is 0 Å². The first-order valence-corrected chi connectivity index (χ1v) is 6.71. The number of rotatable bonds is 4. The quantitative estimate of drug-likeness (QED) is 0.919. The fraction of sp³-hybridized carbons (Fsp3) is 0.333. The number of methoxy groups -OCH3 is 1. The molecule has 0 amide bonds. The number of aromatic nitrogens is 2. The van der Waals surface area contributed by atoms with E-state index in [2.05, 4.69) is 25.9 Å². The van der Waals surface area contributed by atoms with Crippen molar-refractivity contribution in [2.45, 2.75) is 13.5 Å². The monoisotopic (exact) mass is 350 g/mol. The summed E-state index contributed by atoms with van der Waals surface area (Å²) in [7, 11) is 1.70. The van der Waals surface area contributed by atoms with E-state index in [1.807, 2.05) is 31.5 Å². The molecule has 1 aliphatic heterocycles. The fourth-order valence-electron chi connectivity index (χ4n) is 2.40. The summed E-state index contributed by atoms with van der Waals surface area (Å²) in [5.41, 5.74) is 2.23. The maximum atomic E-state index is 5.46. The molecule has 0 spiro atoms. The van der Waals surface area contributed by atoms with Crippen molar-refractivity contribution in [3.05, 3.63) is 47.5 Å². The second-order valence-electron chi connectivity index (χ2n) is 4.79. The minimum Gasteiger partial charge on any atom is -0.496 e. The summed E-state index contributed by atoms with van der Waals surface area (Å²) in [6.07, 6.45) is 3.79. The average molecular weight is 351 g/mol. The van der Waals surface area contributed by atoms with Gasteiger partial charge in [-0.05, 0) is 25.1 Å². The molecule has 5 nitrogen and oxygen atoms in total. The predicted octanol–water partition coefficient (Wildman–Crippen LogP) is 2.18. The number of aryl methyl sites for hydroxylation is 1. The van der Waals surface area contributed by atoms with Crippen LogP contribution >= 0.6 is 17.0 Å². The van der Waals surface area contributed by atoms with E-state index in [4.69, 9.17) is 4.74 Å². The van der Waals surface area contributed by atoms with Gasteiger partial charge in [-0.2, -0.15) is 0 Å². The minimum absolute atomic E-state index is 0. The van der Waals surface area contributed by atoms with Crippen molar-refractivity contribution in [1.82, 2.24) is 14.9 Å². The third-order valence-electron chi connectivity index (χ3n) is 3.49. The molecular weight excluding hydrogens is 332 g/mol. The predicted molar refractivity (Wildman–Crippen MR) is 88.8 cm³/mol. The third-order valence-corrected chi connectivity index (χ3v) is 3.49. The van der Waals surface area contributed by atoms with Crippen molar-refractivity contribution < 1.29 is 4.74 Å². The molecule has 6 heteroatoms. The summed E-state index contributed by atoms with van der Waals surface area (Å²) in [5.74, 6) is 2.85. The van der Waals surface area contributed by atoms with Gasteiger partial charge in [0.2, 0.25) is 0 Å². The zero-order chi connectivity index (χ0) is 13.9. The van der Waals surface area contributed by atoms with Crippen LogP contribution in [0.3, 0.4) is 0 Å². The number of ether oxygens (including phenoxy) is 1. The molecule has 1 aliphatic rings. The number of nitrogens with zero attached hydrogens (tertiary/aromatic N) is 3. The minimum atomic E-state index is 0. The Morgan fingerprint density at radius 3 is 2.86 bits per heavy atom. The van der Waals surface area contributed by atoms with Crippen molar-refractivity contribution in [2.24, 2.45) is 4.99 Å². The lowest BCUT2D eigenvalue weighted by molar-refractivity contribution is 0.408. The van der Waals surface area contributed by atoms with Gasteiger partial charge in [0.15, 0.2) is 0 Å². The highest BCUT2D eigenvalue weighted by molar-refractivity contribution is 8.93. The number of hydrogen-bond acceptors (Lipinski definition) is 4. The van der Waals surface area contributed by atoms with Crippen LogP contribution in [-0.2, 0) is 6.54 Å². The molecule has 21 heavy (non-hydrogen) atoms. The average Bonchev–Trinajstić information content (AvgIpc) is 3.11. The van der Waals surface area contributed by atoms with Crippen molar-refractivity contribution in [2.75, 3.05) is 20.2 Å². The zero-order valence-electron chi connectivity index (χ0n) is 12.2. The van der Waals surface area contributed by atoms with Gasteiger partial charge in [0.25, 0.3) is 0 Å². The normalized spacial score (nSPS) is 13.3. The molecule has 1 aromatic carbocycles. The molecule has 3 rings (SSSR count). The van der Waals surface area contributed by atoms with E-state index in [1.54, 1.807) is 7.11 Å². The van der Waals surface area contributed by atoms with Crippen LogP contribution < -0.4 is 10.1 Å². The Balaban J connectivity index is 0.00000161. The van der Waals surface area contributed by atoms with Gasteiger partial charge in [-0.25, -0.2) is 4.98 Å². The lowest BCUT2D eigenvalue weighted by atomic mass is 10.1. The molecule has 1 aromatic heterocycles. The second-order valence-corrected chi connectivity index (χ2v) is 4.79. The van der Waals surface area contributed by atoms with E-state index in [9.17, 15) is 0 Å². The van der Waals surface area contributed by atoms with Crippen molar-refractivity contribution in [3.63, 3.8) is 0 Å². The van der Waals surface area contributed by atoms with Gasteiger partial charge in [-0.1, -0.05) is 0 Å². The topological polar surface area (TPSA) is 51.4 Å². The molecule has 0 saturated heterocycles. The lowest BCUT2D eigenvalue weighted by Crippen LogP contribution is -2.19. The number of imidazole rings is 1. The molecule has 0 saturated carbocycles. The number of nitrogens with one attached hydrogen (secondary N) is 1. The van der Waals surface area contributed by atoms with E-state index in [0.717, 1.165) is 48.2 Å². The second kappa shape index (κ2) is 6.76. The van der Waals surface area contributed by atoms with Gasteiger partial charge in [-0.15, -0.1) is 17.0 Å². The maximum absolute atomic E-state index is 5.46. The first kappa shape index (κ1) is 15.6. The van der Waals surface area contributed by atoms with Gasteiger partial charge in [0, 0.05) is 30.1 Å². The Bertz CT molecular complexity index is 651. The number of benzene rings is 1. The summed E-state index contributed by atoms with van der Waals surface area (Å²) in [4.78, 5) is 8.72. The van der Waals surface area contributed by atoms with Gasteiger partial charge in [-0.3, -0.25) is 4.99 Å². The van der Waals surface area contributed by atoms with Crippen LogP contribution in [-0.4, -0.2) is 35.6 Å². The standard InChI is InChI=1S/C15H18N4O.BrH/c1-11-16-7-8-19(11)10-13-9-12(3-4-14(13)20-2)15-17-5-6-18-15;/h3-4,7-9H,5-6,10H2,1-2H3,(H,17,18);1H. The lowest BCUT2D eigenvalue weighted by Gasteiger charge is -2.12. The van der Waals surface area contributed by atoms with Crippen LogP contribution in [0.25, 0.3) is 0 Å². The summed E-state index contributed by atoms with van der Waals surface area (Å²) in [6, 6.07) is 6.18. The van der Waals surface area contributed by atoms with E-state index in [1.165, 1.54) is 0 Å². The van der Waals surface area contributed by atoms with Gasteiger partial charge >= 0.3 is 0 Å². The Morgan fingerprint density at radius 1 is 1.38 bits per heavy atom. The number of hydrogen-bond donors (Lipinski definition) is 1. The summed E-state index contributed by atoms with van der Waals surface area (Å²) >= 11 is 0. The highest BCUT2D eigenvalue weighted by Gasteiger charge is 2.12. The molecule has 0 atom stereocenters. The number of aliphatic imine (C=N–C) groups is 1. The molecule has 0 unspecified atom stereocenters. The number of amidine groups is 1. The van der Waals surface area contributed by atoms with Crippen LogP contribution in [0.2, 0.25) is 0 Å². The van der Waals surface area contributed by atoms with Crippen molar-refractivity contribution in [3.8, 4) is 5.75 Å². The maximum Gasteiger partial charge on any atom is 0.128 e. The molecule has 0 fully saturated rings. The Hall–Kier alpha value is -1.82. The molecular formula is C15H19BrN4O. The van der Waals surface area contributed by atoms with Gasteiger partial charge < -0.3 is 14.6 Å². The molecule has 0 bridgehead atoms. The summed E-state index contributed by atoms with van der Waals surface area (Å²) in [6.45, 7) is 4.50. The largest absolute Gasteiger partial charge is 0.496 e. The van der Waals surface area contributed by atoms with Crippen LogP contribution in [0.5, 0.6) is 5.75 Å². The van der Waals surface area contributed by atoms with Crippen molar-refractivity contribution >= 4 is 22.8 Å². The highest BCUT2D eigenvalue weighted by atomic mass is 79.9. The molecule has 1 N–H and O–H groups in total. The van der Waals surface area contributed by atoms with Crippen LogP contribution in [0.1, 0.15) is 17.0 Å². The molecule has 2 heterocycles. The third kappa shape index (κ3) is 3.26. The van der Waals surface area contributed by atoms with Gasteiger partial charge in [0.1, 0.15) is 17.4 Å². The molecule has 0 aliphatic carbocycles. The highest BCUT2D eigenvalue weighted by Crippen LogP contribution is 2.22. The van der Waals surface area contributed by atoms with E-state index >= 15 is 0 Å². The van der Waals surface area contributed by atoms with E-state index < -0.39 is 0 Å². The molecule has 0 radical (unpaired) electrons. The Kier molecular flexibility index (Phi) is 5.01. The van der Waals surface area contributed by atoms with Crippen LogP contribution in [0.15, 0.2) is 35.6 Å². The first-order chi connectivity index (χ1) is 9.78. The van der Waals surface area contributed by atoms with E-state index in [-0.39, 0.29) is 17.0 Å². The fourth-order valence-corrected chi connectivity index (χ4v) is 2.40. The molecule has 2 aromatic rings. The number of halogens is 1. The van der Waals surface area contributed by atoms with Gasteiger partial charge in [0.05, 0.1) is 20.2 Å². The summed E-state index contributed by atoms with van der Waals surface area (Å²) in [5, 5.41) is 3.30.